The van der Waals surface area contributed by atoms with Gasteiger partial charge in [0.25, 0.3) is 10.0 Å². The number of rotatable bonds is 4. The maximum atomic E-state index is 12.7. The largest absolute Gasteiger partial charge is 0.340 e. The summed E-state index contributed by atoms with van der Waals surface area (Å²) in [6, 6.07) is 3.67. The first-order chi connectivity index (χ1) is 12.0. The number of hydrogen-bond acceptors (Lipinski definition) is 5. The molecule has 0 N–H and O–H groups in total. The Hall–Kier alpha value is -1.45. The highest BCUT2D eigenvalue weighted by atomic mass is 32.2. The summed E-state index contributed by atoms with van der Waals surface area (Å²) in [7, 11) is -3.46. The summed E-state index contributed by atoms with van der Waals surface area (Å²) in [6.45, 7) is 1.91. The zero-order valence-electron chi connectivity index (χ0n) is 13.8. The van der Waals surface area contributed by atoms with E-state index in [4.69, 9.17) is 0 Å². The van der Waals surface area contributed by atoms with Crippen LogP contribution in [0.2, 0.25) is 0 Å². The lowest BCUT2D eigenvalue weighted by Crippen LogP contribution is -2.52. The van der Waals surface area contributed by atoms with Crippen LogP contribution >= 0.6 is 11.3 Å². The molecule has 1 saturated carbocycles. The van der Waals surface area contributed by atoms with Crippen molar-refractivity contribution < 1.29 is 18.0 Å². The predicted molar refractivity (Wildman–Crippen MR) is 92.5 cm³/mol. The Balaban J connectivity index is 1.36. The third-order valence-electron chi connectivity index (χ3n) is 5.13. The summed E-state index contributed by atoms with van der Waals surface area (Å²) in [5, 5.41) is 1.75. The standard InChI is InChI=1S/C16H21N3O4S2/c20-14-10-12(11-19(14)13-3-4-13)16(21)17-5-7-18(8-6-17)25(22,23)15-2-1-9-24-15/h1-2,9,12-13H,3-8,10-11H2. The lowest BCUT2D eigenvalue weighted by atomic mass is 10.1. The van der Waals surface area contributed by atoms with Crippen LogP contribution in [0.5, 0.6) is 0 Å². The van der Waals surface area contributed by atoms with Crippen LogP contribution < -0.4 is 0 Å². The van der Waals surface area contributed by atoms with Crippen LogP contribution in [0, 0.1) is 5.92 Å². The second kappa shape index (κ2) is 6.37. The van der Waals surface area contributed by atoms with Crippen LogP contribution in [0.4, 0.5) is 0 Å². The highest BCUT2D eigenvalue weighted by Crippen LogP contribution is 2.33. The van der Waals surface area contributed by atoms with Crippen molar-refractivity contribution in [3.05, 3.63) is 17.5 Å². The fourth-order valence-electron chi connectivity index (χ4n) is 3.58. The minimum atomic E-state index is -3.46. The van der Waals surface area contributed by atoms with E-state index >= 15 is 0 Å². The predicted octanol–water partition coefficient (Wildman–Crippen LogP) is 0.592. The van der Waals surface area contributed by atoms with Crippen molar-refractivity contribution in [2.24, 2.45) is 5.92 Å². The van der Waals surface area contributed by atoms with Crippen LogP contribution in [0.3, 0.4) is 0 Å². The van der Waals surface area contributed by atoms with Crippen LogP contribution in [0.15, 0.2) is 21.7 Å². The van der Waals surface area contributed by atoms with E-state index in [1.807, 2.05) is 4.90 Å². The van der Waals surface area contributed by atoms with Gasteiger partial charge in [-0.15, -0.1) is 11.3 Å². The number of carbonyl (C=O) groups excluding carboxylic acids is 2. The van der Waals surface area contributed by atoms with E-state index in [0.29, 0.717) is 49.4 Å². The average Bonchev–Trinajstić information content (AvgIpc) is 3.14. The third-order valence-corrected chi connectivity index (χ3v) is 8.41. The van der Waals surface area contributed by atoms with Crippen LogP contribution in [0.1, 0.15) is 19.3 Å². The lowest BCUT2D eigenvalue weighted by molar-refractivity contribution is -0.137. The molecule has 3 heterocycles. The molecule has 1 atom stereocenters. The van der Waals surface area contributed by atoms with Crippen LogP contribution in [-0.2, 0) is 19.6 Å². The number of piperazine rings is 1. The molecule has 2 saturated heterocycles. The Kier molecular flexibility index (Phi) is 4.33. The molecular formula is C16H21N3O4S2. The minimum Gasteiger partial charge on any atom is -0.340 e. The second-order valence-electron chi connectivity index (χ2n) is 6.84. The molecule has 1 aromatic heterocycles. The Morgan fingerprint density at radius 3 is 2.48 bits per heavy atom. The first kappa shape index (κ1) is 17.0. The van der Waals surface area contributed by atoms with E-state index in [1.165, 1.54) is 15.6 Å². The fourth-order valence-corrected chi connectivity index (χ4v) is 6.15. The smallest absolute Gasteiger partial charge is 0.252 e. The van der Waals surface area contributed by atoms with Gasteiger partial charge in [0, 0.05) is 45.2 Å². The van der Waals surface area contributed by atoms with Crippen molar-refractivity contribution in [1.29, 1.82) is 0 Å². The Morgan fingerprint density at radius 2 is 1.88 bits per heavy atom. The molecule has 2 amide bonds. The number of nitrogens with zero attached hydrogens (tertiary/aromatic N) is 3. The zero-order chi connectivity index (χ0) is 17.6. The third kappa shape index (κ3) is 3.20. The summed E-state index contributed by atoms with van der Waals surface area (Å²) in [6.07, 6.45) is 2.39. The van der Waals surface area contributed by atoms with Crippen LogP contribution in [0.25, 0.3) is 0 Å². The molecule has 3 aliphatic rings. The van der Waals surface area contributed by atoms with E-state index in [9.17, 15) is 18.0 Å². The summed E-state index contributed by atoms with van der Waals surface area (Å²) in [4.78, 5) is 28.3. The van der Waals surface area contributed by atoms with Crippen molar-refractivity contribution in [2.75, 3.05) is 32.7 Å². The molecule has 2 aliphatic heterocycles. The number of hydrogen-bond donors (Lipinski definition) is 0. The van der Waals surface area contributed by atoms with Gasteiger partial charge in [-0.25, -0.2) is 8.42 Å². The molecule has 7 nitrogen and oxygen atoms in total. The summed E-state index contributed by atoms with van der Waals surface area (Å²) in [5.74, 6) is -0.196. The molecule has 0 radical (unpaired) electrons. The molecule has 25 heavy (non-hydrogen) atoms. The molecule has 1 aromatic rings. The lowest BCUT2D eigenvalue weighted by Gasteiger charge is -2.34. The second-order valence-corrected chi connectivity index (χ2v) is 9.95. The van der Waals surface area contributed by atoms with E-state index in [1.54, 1.807) is 22.4 Å². The van der Waals surface area contributed by atoms with Crippen molar-refractivity contribution in [3.63, 3.8) is 0 Å². The highest BCUT2D eigenvalue weighted by molar-refractivity contribution is 7.91. The Bertz CT molecular complexity index is 765. The number of carbonyl (C=O) groups is 2. The number of thiophene rings is 1. The maximum absolute atomic E-state index is 12.7. The number of amides is 2. The van der Waals surface area contributed by atoms with Gasteiger partial charge in [0.05, 0.1) is 5.92 Å². The molecule has 1 aliphatic carbocycles. The molecule has 4 rings (SSSR count). The molecule has 9 heteroatoms. The molecular weight excluding hydrogens is 362 g/mol. The monoisotopic (exact) mass is 383 g/mol. The quantitative estimate of drug-likeness (QED) is 0.763. The average molecular weight is 383 g/mol. The zero-order valence-corrected chi connectivity index (χ0v) is 15.5. The number of likely N-dealkylation sites (tertiary alicyclic amines) is 1. The van der Waals surface area contributed by atoms with Crippen molar-refractivity contribution >= 4 is 33.2 Å². The molecule has 0 aromatic carbocycles. The van der Waals surface area contributed by atoms with Crippen LogP contribution in [-0.4, -0.2) is 73.1 Å². The number of sulfonamides is 1. The van der Waals surface area contributed by atoms with Gasteiger partial charge < -0.3 is 9.80 Å². The molecule has 1 unspecified atom stereocenters. The molecule has 3 fully saturated rings. The molecule has 136 valence electrons. The minimum absolute atomic E-state index is 0.00956. The van der Waals surface area contributed by atoms with E-state index in [0.717, 1.165) is 12.8 Å². The van der Waals surface area contributed by atoms with Gasteiger partial charge in [-0.1, -0.05) is 6.07 Å². The Labute approximate surface area is 151 Å². The summed E-state index contributed by atoms with van der Waals surface area (Å²) < 4.78 is 26.8. The van der Waals surface area contributed by atoms with Gasteiger partial charge in [-0.05, 0) is 24.3 Å². The summed E-state index contributed by atoms with van der Waals surface area (Å²) >= 11 is 1.21. The normalized spacial score (nSPS) is 25.6. The van der Waals surface area contributed by atoms with Crippen molar-refractivity contribution in [1.82, 2.24) is 14.1 Å². The van der Waals surface area contributed by atoms with E-state index in [2.05, 4.69) is 0 Å². The van der Waals surface area contributed by atoms with Gasteiger partial charge in [-0.3, -0.25) is 9.59 Å². The fraction of sp³-hybridized carbons (Fsp3) is 0.625. The van der Waals surface area contributed by atoms with E-state index in [-0.39, 0.29) is 17.7 Å². The maximum Gasteiger partial charge on any atom is 0.252 e. The first-order valence-electron chi connectivity index (χ1n) is 8.59. The highest BCUT2D eigenvalue weighted by Gasteiger charge is 2.43. The SMILES string of the molecule is O=C(C1CC(=O)N(C2CC2)C1)N1CCN(S(=O)(=O)c2cccs2)CC1. The van der Waals surface area contributed by atoms with Gasteiger partial charge >= 0.3 is 0 Å². The molecule has 0 bridgehead atoms. The van der Waals surface area contributed by atoms with Gasteiger partial charge in [0.2, 0.25) is 11.8 Å². The van der Waals surface area contributed by atoms with E-state index < -0.39 is 10.0 Å². The van der Waals surface area contributed by atoms with Gasteiger partial charge in [-0.2, -0.15) is 4.31 Å². The topological polar surface area (TPSA) is 78.0 Å². The van der Waals surface area contributed by atoms with Gasteiger partial charge in [0.15, 0.2) is 0 Å². The Morgan fingerprint density at radius 1 is 1.16 bits per heavy atom. The van der Waals surface area contributed by atoms with Crippen molar-refractivity contribution in [2.45, 2.75) is 29.5 Å². The summed E-state index contributed by atoms with van der Waals surface area (Å²) in [5.41, 5.74) is 0. The first-order valence-corrected chi connectivity index (χ1v) is 10.9. The van der Waals surface area contributed by atoms with Gasteiger partial charge in [0.1, 0.15) is 4.21 Å². The molecule has 0 spiro atoms. The van der Waals surface area contributed by atoms with Crippen molar-refractivity contribution in [3.8, 4) is 0 Å².